The van der Waals surface area contributed by atoms with Crippen LogP contribution in [0, 0.1) is 0 Å². The van der Waals surface area contributed by atoms with Gasteiger partial charge < -0.3 is 48.7 Å². The van der Waals surface area contributed by atoms with Gasteiger partial charge in [0.1, 0.15) is 6.23 Å². The number of aliphatic hydroxyl groups is 1. The number of nitrogens with two attached hydrogens (primary N) is 1. The minimum absolute atomic E-state index is 0.0307. The highest BCUT2D eigenvalue weighted by Gasteiger charge is 1.98. The van der Waals surface area contributed by atoms with E-state index in [1.165, 1.54) is 7.11 Å². The first-order valence-corrected chi connectivity index (χ1v) is 9.24. The van der Waals surface area contributed by atoms with Gasteiger partial charge in [0.25, 0.3) is 0 Å². The van der Waals surface area contributed by atoms with Gasteiger partial charge in [-0.2, -0.15) is 0 Å². The SMILES string of the molecule is COC(N)COCCOCCOCCOCCOCCOCCOCCO. The Balaban J connectivity index is 2.99. The second kappa shape index (κ2) is 23.6. The summed E-state index contributed by atoms with van der Waals surface area (Å²) < 4.78 is 41.9. The second-order valence-electron chi connectivity index (χ2n) is 5.25. The molecular weight excluding hydrogens is 362 g/mol. The van der Waals surface area contributed by atoms with Crippen LogP contribution < -0.4 is 5.73 Å². The Morgan fingerprint density at radius 2 is 0.852 bits per heavy atom. The first kappa shape index (κ1) is 26.6. The number of hydrogen-bond acceptors (Lipinski definition) is 10. The second-order valence-corrected chi connectivity index (χ2v) is 5.25. The van der Waals surface area contributed by atoms with Crippen molar-refractivity contribution in [3.63, 3.8) is 0 Å². The molecule has 0 spiro atoms. The number of methoxy groups -OCH3 is 1. The Kier molecular flexibility index (Phi) is 23.3. The van der Waals surface area contributed by atoms with Gasteiger partial charge in [0.05, 0.1) is 99.1 Å². The molecule has 1 atom stereocenters. The summed E-state index contributed by atoms with van der Waals surface area (Å²) in [4.78, 5) is 0. The molecule has 164 valence electrons. The minimum atomic E-state index is -0.394. The normalized spacial score (nSPS) is 12.6. The van der Waals surface area contributed by atoms with Gasteiger partial charge in [-0.15, -0.1) is 0 Å². The summed E-state index contributed by atoms with van der Waals surface area (Å²) in [5, 5.41) is 8.52. The van der Waals surface area contributed by atoms with E-state index in [1.807, 2.05) is 0 Å². The van der Waals surface area contributed by atoms with Crippen molar-refractivity contribution in [2.45, 2.75) is 6.23 Å². The predicted molar refractivity (Wildman–Crippen MR) is 97.8 cm³/mol. The molecule has 0 bridgehead atoms. The molecule has 0 fully saturated rings. The van der Waals surface area contributed by atoms with Crippen molar-refractivity contribution in [3.8, 4) is 0 Å². The van der Waals surface area contributed by atoms with Crippen LogP contribution in [0.4, 0.5) is 0 Å². The van der Waals surface area contributed by atoms with E-state index >= 15 is 0 Å². The average Bonchev–Trinajstić information content (AvgIpc) is 2.68. The summed E-state index contributed by atoms with van der Waals surface area (Å²) in [5.74, 6) is 0. The lowest BCUT2D eigenvalue weighted by Crippen LogP contribution is -2.28. The van der Waals surface area contributed by atoms with E-state index in [2.05, 4.69) is 0 Å². The maximum Gasteiger partial charge on any atom is 0.128 e. The molecule has 10 nitrogen and oxygen atoms in total. The molecule has 0 aromatic rings. The first-order chi connectivity index (χ1) is 13.3. The lowest BCUT2D eigenvalue weighted by molar-refractivity contribution is -0.0297. The molecule has 0 rings (SSSR count). The number of aliphatic hydroxyl groups excluding tert-OH is 1. The zero-order valence-corrected chi connectivity index (χ0v) is 16.5. The Morgan fingerprint density at radius 1 is 0.556 bits per heavy atom. The molecule has 1 unspecified atom stereocenters. The molecule has 0 aromatic carbocycles. The van der Waals surface area contributed by atoms with Crippen LogP contribution in [0.15, 0.2) is 0 Å². The molecule has 0 saturated carbocycles. The van der Waals surface area contributed by atoms with Crippen molar-refractivity contribution in [1.82, 2.24) is 0 Å². The van der Waals surface area contributed by atoms with E-state index in [4.69, 9.17) is 48.7 Å². The third-order valence-electron chi connectivity index (χ3n) is 3.05. The lowest BCUT2D eigenvalue weighted by atomic mass is 10.6. The summed E-state index contributed by atoms with van der Waals surface area (Å²) in [6, 6.07) is 0. The summed E-state index contributed by atoms with van der Waals surface area (Å²) >= 11 is 0. The highest BCUT2D eigenvalue weighted by Crippen LogP contribution is 1.86. The molecule has 0 aliphatic heterocycles. The molecule has 0 aromatic heterocycles. The van der Waals surface area contributed by atoms with Gasteiger partial charge in [-0.3, -0.25) is 0 Å². The highest BCUT2D eigenvalue weighted by atomic mass is 16.6. The minimum Gasteiger partial charge on any atom is -0.394 e. The van der Waals surface area contributed by atoms with Crippen LogP contribution in [0.2, 0.25) is 0 Å². The van der Waals surface area contributed by atoms with Crippen LogP contribution in [-0.4, -0.2) is 118 Å². The van der Waals surface area contributed by atoms with E-state index in [1.54, 1.807) is 0 Å². The molecule has 3 N–H and O–H groups in total. The quantitative estimate of drug-likeness (QED) is 0.164. The fourth-order valence-electron chi connectivity index (χ4n) is 1.65. The van der Waals surface area contributed by atoms with Gasteiger partial charge in [-0.25, -0.2) is 0 Å². The Labute approximate surface area is 162 Å². The molecule has 0 aliphatic rings. The zero-order valence-electron chi connectivity index (χ0n) is 16.5. The maximum absolute atomic E-state index is 8.52. The Hall–Kier alpha value is -0.400. The average molecular weight is 399 g/mol. The van der Waals surface area contributed by atoms with Gasteiger partial charge in [0.15, 0.2) is 0 Å². The molecule has 0 saturated heterocycles. The first-order valence-electron chi connectivity index (χ1n) is 9.24. The van der Waals surface area contributed by atoms with Crippen molar-refractivity contribution in [3.05, 3.63) is 0 Å². The fraction of sp³-hybridized carbons (Fsp3) is 1.00. The van der Waals surface area contributed by atoms with Crippen LogP contribution in [-0.2, 0) is 37.9 Å². The largest absolute Gasteiger partial charge is 0.394 e. The predicted octanol–water partition coefficient (Wildman–Crippen LogP) is -0.974. The van der Waals surface area contributed by atoms with Crippen molar-refractivity contribution in [2.24, 2.45) is 5.73 Å². The fourth-order valence-corrected chi connectivity index (χ4v) is 1.65. The van der Waals surface area contributed by atoms with Crippen molar-refractivity contribution < 1.29 is 43.0 Å². The Bertz CT molecular complexity index is 275. The third kappa shape index (κ3) is 23.6. The van der Waals surface area contributed by atoms with Gasteiger partial charge in [0.2, 0.25) is 0 Å². The number of ether oxygens (including phenoxy) is 8. The summed E-state index contributed by atoms with van der Waals surface area (Å²) in [6.45, 7) is 6.76. The van der Waals surface area contributed by atoms with E-state index in [-0.39, 0.29) is 6.61 Å². The van der Waals surface area contributed by atoms with Crippen LogP contribution in [0.3, 0.4) is 0 Å². The van der Waals surface area contributed by atoms with Crippen LogP contribution in [0.25, 0.3) is 0 Å². The molecular formula is C17H37NO9. The summed E-state index contributed by atoms with van der Waals surface area (Å²) in [6.07, 6.45) is -0.394. The third-order valence-corrected chi connectivity index (χ3v) is 3.05. The molecule has 0 aliphatic carbocycles. The number of rotatable bonds is 23. The van der Waals surface area contributed by atoms with Crippen LogP contribution >= 0.6 is 0 Å². The maximum atomic E-state index is 8.52. The molecule has 27 heavy (non-hydrogen) atoms. The summed E-state index contributed by atoms with van der Waals surface area (Å²) in [7, 11) is 1.54. The van der Waals surface area contributed by atoms with Gasteiger partial charge in [0, 0.05) is 7.11 Å². The van der Waals surface area contributed by atoms with E-state index in [0.717, 1.165) is 0 Å². The molecule has 0 radical (unpaired) electrons. The van der Waals surface area contributed by atoms with Gasteiger partial charge >= 0.3 is 0 Å². The van der Waals surface area contributed by atoms with E-state index < -0.39 is 6.23 Å². The summed E-state index contributed by atoms with van der Waals surface area (Å²) in [5.41, 5.74) is 5.51. The van der Waals surface area contributed by atoms with Crippen molar-refractivity contribution in [2.75, 3.05) is 106 Å². The van der Waals surface area contributed by atoms with Crippen molar-refractivity contribution in [1.29, 1.82) is 0 Å². The van der Waals surface area contributed by atoms with Gasteiger partial charge in [-0.05, 0) is 0 Å². The highest BCUT2D eigenvalue weighted by molar-refractivity contribution is 4.42. The zero-order chi connectivity index (χ0) is 19.8. The van der Waals surface area contributed by atoms with Crippen LogP contribution in [0.5, 0.6) is 0 Å². The van der Waals surface area contributed by atoms with E-state index in [9.17, 15) is 0 Å². The Morgan fingerprint density at radius 3 is 1.15 bits per heavy atom. The van der Waals surface area contributed by atoms with E-state index in [0.29, 0.717) is 92.5 Å². The topological polar surface area (TPSA) is 120 Å². The lowest BCUT2D eigenvalue weighted by Gasteiger charge is -2.10. The van der Waals surface area contributed by atoms with Gasteiger partial charge in [-0.1, -0.05) is 0 Å². The number of hydrogen-bond donors (Lipinski definition) is 2. The molecule has 10 heteroatoms. The molecule has 0 amide bonds. The molecule has 0 heterocycles. The standard InChI is InChI=1S/C17H37NO9/c1-20-17(18)16-27-15-14-26-13-12-25-11-10-24-9-8-23-7-6-22-5-4-21-3-2-19/h17,19H,2-16,18H2,1H3. The van der Waals surface area contributed by atoms with Crippen LogP contribution in [0.1, 0.15) is 0 Å². The van der Waals surface area contributed by atoms with Crippen molar-refractivity contribution >= 4 is 0 Å². The monoisotopic (exact) mass is 399 g/mol. The smallest absolute Gasteiger partial charge is 0.128 e.